The van der Waals surface area contributed by atoms with E-state index in [9.17, 15) is 4.39 Å². The van der Waals surface area contributed by atoms with Crippen molar-refractivity contribution in [2.24, 2.45) is 0 Å². The molecule has 22 heavy (non-hydrogen) atoms. The second-order valence-electron chi connectivity index (χ2n) is 5.82. The molecule has 2 fully saturated rings. The molecule has 0 aromatic carbocycles. The van der Waals surface area contributed by atoms with Gasteiger partial charge in [0.25, 0.3) is 0 Å². The summed E-state index contributed by atoms with van der Waals surface area (Å²) in [4.78, 5) is 14.6. The zero-order chi connectivity index (χ0) is 15.2. The topological polar surface area (TPSA) is 77.2 Å². The first-order valence-electron chi connectivity index (χ1n) is 7.32. The summed E-state index contributed by atoms with van der Waals surface area (Å²) in [6.45, 7) is 3.86. The lowest BCUT2D eigenvalue weighted by Crippen LogP contribution is -2.53. The summed E-state index contributed by atoms with van der Waals surface area (Å²) in [6.07, 6.45) is 4.06. The van der Waals surface area contributed by atoms with Gasteiger partial charge in [0, 0.05) is 19.7 Å². The number of rotatable bonds is 2. The summed E-state index contributed by atoms with van der Waals surface area (Å²) in [5, 5.41) is 3.92. The molecule has 0 amide bonds. The van der Waals surface area contributed by atoms with Gasteiger partial charge in [-0.25, -0.2) is 14.4 Å². The van der Waals surface area contributed by atoms with E-state index in [1.54, 1.807) is 6.92 Å². The zero-order valence-electron chi connectivity index (χ0n) is 12.2. The van der Waals surface area contributed by atoms with Crippen LogP contribution in [0.25, 0.3) is 0 Å². The Labute approximate surface area is 126 Å². The Balaban J connectivity index is 1.68. The van der Waals surface area contributed by atoms with E-state index in [-0.39, 0.29) is 11.5 Å². The molecule has 0 aliphatic carbocycles. The van der Waals surface area contributed by atoms with Crippen LogP contribution in [0.15, 0.2) is 16.9 Å². The number of nitrogens with zero attached hydrogens (tertiary/aromatic N) is 5. The molecule has 4 rings (SSSR count). The van der Waals surface area contributed by atoms with Gasteiger partial charge in [-0.05, 0) is 19.8 Å². The SMILES string of the molecule is Cc1noc([C@]23CCO[C@H]2CCN(c2ncc(F)cn2)C3)n1. The van der Waals surface area contributed by atoms with Crippen LogP contribution in [-0.4, -0.2) is 45.9 Å². The van der Waals surface area contributed by atoms with Crippen molar-refractivity contribution in [2.75, 3.05) is 24.6 Å². The molecule has 116 valence electrons. The average Bonchev–Trinajstić information content (AvgIpc) is 3.14. The highest BCUT2D eigenvalue weighted by atomic mass is 19.1. The van der Waals surface area contributed by atoms with Gasteiger partial charge in [-0.2, -0.15) is 4.98 Å². The zero-order valence-corrected chi connectivity index (χ0v) is 12.2. The van der Waals surface area contributed by atoms with E-state index in [0.717, 1.165) is 19.4 Å². The lowest BCUT2D eigenvalue weighted by Gasteiger charge is -2.41. The first-order valence-corrected chi connectivity index (χ1v) is 7.32. The molecule has 4 heterocycles. The molecular formula is C14H16FN5O2. The summed E-state index contributed by atoms with van der Waals surface area (Å²) in [5.41, 5.74) is -0.336. The van der Waals surface area contributed by atoms with Crippen LogP contribution in [0.2, 0.25) is 0 Å². The van der Waals surface area contributed by atoms with Crippen LogP contribution >= 0.6 is 0 Å². The van der Waals surface area contributed by atoms with Gasteiger partial charge in [0.1, 0.15) is 0 Å². The summed E-state index contributed by atoms with van der Waals surface area (Å²) in [6, 6.07) is 0. The second-order valence-corrected chi connectivity index (χ2v) is 5.82. The summed E-state index contributed by atoms with van der Waals surface area (Å²) in [5.74, 6) is 1.30. The molecule has 0 radical (unpaired) electrons. The Morgan fingerprint density at radius 1 is 1.36 bits per heavy atom. The first-order chi connectivity index (χ1) is 10.7. The number of hydrogen-bond acceptors (Lipinski definition) is 7. The van der Waals surface area contributed by atoms with Crippen molar-refractivity contribution >= 4 is 5.95 Å². The normalized spacial score (nSPS) is 27.9. The lowest BCUT2D eigenvalue weighted by atomic mass is 9.76. The highest BCUT2D eigenvalue weighted by Gasteiger charge is 2.53. The fourth-order valence-corrected chi connectivity index (χ4v) is 3.39. The molecule has 0 unspecified atom stereocenters. The van der Waals surface area contributed by atoms with Crippen molar-refractivity contribution in [3.05, 3.63) is 29.9 Å². The molecule has 0 spiro atoms. The molecule has 2 aliphatic heterocycles. The van der Waals surface area contributed by atoms with Crippen molar-refractivity contribution in [3.8, 4) is 0 Å². The second kappa shape index (κ2) is 4.98. The predicted molar refractivity (Wildman–Crippen MR) is 73.9 cm³/mol. The van der Waals surface area contributed by atoms with Gasteiger partial charge in [-0.1, -0.05) is 5.16 Å². The molecule has 0 bridgehead atoms. The number of aromatic nitrogens is 4. The molecule has 2 saturated heterocycles. The number of anilines is 1. The molecule has 7 nitrogen and oxygen atoms in total. The van der Waals surface area contributed by atoms with Crippen LogP contribution in [-0.2, 0) is 10.2 Å². The highest BCUT2D eigenvalue weighted by molar-refractivity contribution is 5.34. The Morgan fingerprint density at radius 2 is 2.18 bits per heavy atom. The first kappa shape index (κ1) is 13.6. The van der Waals surface area contributed by atoms with Crippen molar-refractivity contribution in [2.45, 2.75) is 31.3 Å². The average molecular weight is 305 g/mol. The van der Waals surface area contributed by atoms with Crippen LogP contribution < -0.4 is 4.90 Å². The van der Waals surface area contributed by atoms with Gasteiger partial charge < -0.3 is 14.2 Å². The minimum Gasteiger partial charge on any atom is -0.377 e. The van der Waals surface area contributed by atoms with Gasteiger partial charge in [0.05, 0.1) is 23.9 Å². The third-order valence-electron chi connectivity index (χ3n) is 4.46. The fraction of sp³-hybridized carbons (Fsp3) is 0.571. The minimum atomic E-state index is -0.440. The summed E-state index contributed by atoms with van der Waals surface area (Å²) >= 11 is 0. The number of ether oxygens (including phenoxy) is 1. The third kappa shape index (κ3) is 2.06. The Morgan fingerprint density at radius 3 is 2.91 bits per heavy atom. The Bertz CT molecular complexity index is 676. The van der Waals surface area contributed by atoms with E-state index in [4.69, 9.17) is 9.26 Å². The maximum Gasteiger partial charge on any atom is 0.237 e. The van der Waals surface area contributed by atoms with Crippen molar-refractivity contribution in [1.29, 1.82) is 0 Å². The maximum atomic E-state index is 13.0. The van der Waals surface area contributed by atoms with Gasteiger partial charge >= 0.3 is 0 Å². The summed E-state index contributed by atoms with van der Waals surface area (Å²) < 4.78 is 24.3. The maximum absolute atomic E-state index is 13.0. The molecule has 8 heteroatoms. The molecule has 2 aromatic rings. The van der Waals surface area contributed by atoms with Gasteiger partial charge in [0.15, 0.2) is 11.6 Å². The van der Waals surface area contributed by atoms with Crippen LogP contribution in [0, 0.1) is 12.7 Å². The molecular weight excluding hydrogens is 289 g/mol. The van der Waals surface area contributed by atoms with Crippen molar-refractivity contribution in [1.82, 2.24) is 20.1 Å². The fourth-order valence-electron chi connectivity index (χ4n) is 3.39. The monoisotopic (exact) mass is 305 g/mol. The molecule has 2 aliphatic rings. The highest BCUT2D eigenvalue weighted by Crippen LogP contribution is 2.43. The summed E-state index contributed by atoms with van der Waals surface area (Å²) in [7, 11) is 0. The molecule has 2 atom stereocenters. The predicted octanol–water partition coefficient (Wildman–Crippen LogP) is 1.24. The largest absolute Gasteiger partial charge is 0.377 e. The number of hydrogen-bond donors (Lipinski definition) is 0. The van der Waals surface area contributed by atoms with Gasteiger partial charge in [-0.3, -0.25) is 0 Å². The molecule has 2 aromatic heterocycles. The van der Waals surface area contributed by atoms with E-state index >= 15 is 0 Å². The van der Waals surface area contributed by atoms with Crippen LogP contribution in [0.3, 0.4) is 0 Å². The van der Waals surface area contributed by atoms with Crippen LogP contribution in [0.1, 0.15) is 24.6 Å². The van der Waals surface area contributed by atoms with Crippen molar-refractivity contribution in [3.63, 3.8) is 0 Å². The van der Waals surface area contributed by atoms with E-state index in [1.807, 2.05) is 4.90 Å². The van der Waals surface area contributed by atoms with E-state index in [2.05, 4.69) is 20.1 Å². The molecule has 0 saturated carbocycles. The minimum absolute atomic E-state index is 0.0593. The Hall–Kier alpha value is -2.09. The lowest BCUT2D eigenvalue weighted by molar-refractivity contribution is 0.0525. The van der Waals surface area contributed by atoms with E-state index in [1.165, 1.54) is 12.4 Å². The quantitative estimate of drug-likeness (QED) is 0.826. The van der Waals surface area contributed by atoms with Crippen LogP contribution in [0.5, 0.6) is 0 Å². The van der Waals surface area contributed by atoms with E-state index in [0.29, 0.717) is 30.8 Å². The van der Waals surface area contributed by atoms with Crippen LogP contribution in [0.4, 0.5) is 10.3 Å². The van der Waals surface area contributed by atoms with E-state index < -0.39 is 5.82 Å². The number of fused-ring (bicyclic) bond motifs is 1. The number of halogens is 1. The van der Waals surface area contributed by atoms with Crippen molar-refractivity contribution < 1.29 is 13.7 Å². The van der Waals surface area contributed by atoms with Gasteiger partial charge in [-0.15, -0.1) is 0 Å². The number of aryl methyl sites for hydroxylation is 1. The standard InChI is InChI=1S/C14H16FN5O2/c1-9-18-12(22-19-9)14-3-5-21-11(14)2-4-20(8-14)13-16-6-10(15)7-17-13/h6-7,11H,2-5,8H2,1H3/t11-,14-/m0/s1. The number of piperidine rings is 1. The molecule has 0 N–H and O–H groups in total. The smallest absolute Gasteiger partial charge is 0.237 e. The third-order valence-corrected chi connectivity index (χ3v) is 4.46. The van der Waals surface area contributed by atoms with Gasteiger partial charge in [0.2, 0.25) is 11.8 Å². The Kier molecular flexibility index (Phi) is 3.07.